The first-order valence-corrected chi connectivity index (χ1v) is 38.3. The molecule has 0 aromatic heterocycles. The van der Waals surface area contributed by atoms with Gasteiger partial charge >= 0.3 is 0 Å². The summed E-state index contributed by atoms with van der Waals surface area (Å²) in [6.45, 7) is 8.18. The third kappa shape index (κ3) is 29.9. The van der Waals surface area contributed by atoms with Gasteiger partial charge in [-0.25, -0.2) is 0 Å². The van der Waals surface area contributed by atoms with Crippen LogP contribution in [0, 0.1) is 24.0 Å². The van der Waals surface area contributed by atoms with Crippen molar-refractivity contribution in [1.29, 1.82) is 0 Å². The molecule has 0 aliphatic carbocycles. The average molecular weight is 1800 g/mol. The van der Waals surface area contributed by atoms with Crippen LogP contribution in [-0.2, 0) is 9.59 Å². The number of nitrogens with one attached hydrogen (secondary N) is 1. The molecule has 12 aromatic carbocycles. The van der Waals surface area contributed by atoms with Crippen molar-refractivity contribution in [2.45, 2.75) is 34.6 Å². The third-order valence-electron chi connectivity index (χ3n) is 15.6. The van der Waals surface area contributed by atoms with Crippen molar-refractivity contribution < 1.29 is 44.8 Å². The Hall–Kier alpha value is -11.2. The van der Waals surface area contributed by atoms with Crippen molar-refractivity contribution >= 4 is 226 Å². The number of aliphatic imine (C=N–C) groups is 6. The van der Waals surface area contributed by atoms with Gasteiger partial charge in [0.25, 0.3) is 5.69 Å². The van der Waals surface area contributed by atoms with Crippen molar-refractivity contribution in [2.24, 2.45) is 30.0 Å². The maximum atomic E-state index is 11.3. The Kier molecular flexibility index (Phi) is 36.3. The van der Waals surface area contributed by atoms with E-state index in [9.17, 15) is 50.0 Å². The topological polar surface area (TPSA) is 285 Å². The van der Waals surface area contributed by atoms with E-state index in [0.29, 0.717) is 108 Å². The molecule has 12 rings (SSSR count). The maximum absolute atomic E-state index is 11.3. The van der Waals surface area contributed by atoms with Gasteiger partial charge in [-0.2, -0.15) is 0 Å². The molecule has 0 radical (unpaired) electrons. The number of hydrogen-bond acceptors (Lipinski definition) is 16. The number of carbonyl (C=O) groups is 3. The number of anilines is 2. The second-order valence-electron chi connectivity index (χ2n) is 24.4. The zero-order valence-corrected chi connectivity index (χ0v) is 70.5. The highest BCUT2D eigenvalue weighted by molar-refractivity contribution is 9.10. The number of nitro benzene ring substituents is 1. The number of ketones is 1. The Bertz CT molecular complexity index is 5710. The van der Waals surface area contributed by atoms with Gasteiger partial charge in [0.1, 0.15) is 33.8 Å². The van der Waals surface area contributed by atoms with Crippen molar-refractivity contribution in [3.8, 4) is 28.7 Å². The predicted molar refractivity (Wildman–Crippen MR) is 481 cm³/mol. The lowest BCUT2D eigenvalue weighted by Crippen LogP contribution is -2.22. The fourth-order valence-corrected chi connectivity index (χ4v) is 12.0. The molecule has 116 heavy (non-hydrogen) atoms. The standard InChI is InChI=1S/C16H16N2O2.C15H12BrNO2.C15H12Cl2N2O2.C14H10Cl3NO.C14H11Cl2NO.C13H8Cl2N2O2/c1-12(19)18(2)15-9-7-14(8-10-15)17-11-13-5-3-4-6-16(13)20;1-10(18)11-3-2-4-14(8-11)17-9-12-7-13(16)5-6-15(12)19;1-9(20)19-14-7-13(11(16)6-12(14)17)18-8-10-4-2-3-5-15(10)21;1-8-4-11(16)5-9(14(8)19)7-18-13-3-2-10(15)6-12(13)17;1-9-3-2-4-12(5-9)17-8-10-6-11(15)7-13(16)14(10)18;14-10-3-1-2-4-12(10)16-8-9-5-6-11(15)13(7-9)17(18)19/h3-11,20H,1-2H3;2-9,19H,1H3;2-8,21H,1H3,(H,19,20);2-7,19H,1H3;2-8,18H,1H3;1-8H. The van der Waals surface area contributed by atoms with Gasteiger partial charge in [0.15, 0.2) is 5.78 Å². The molecule has 2 amide bonds. The van der Waals surface area contributed by atoms with E-state index in [4.69, 9.17) is 104 Å². The number of carbonyl (C=O) groups excluding carboxylic acids is 3. The van der Waals surface area contributed by atoms with Crippen LogP contribution in [-0.4, -0.2) is 92.4 Å². The number of aromatic hydroxyl groups is 5. The van der Waals surface area contributed by atoms with Crippen molar-refractivity contribution in [2.75, 3.05) is 17.3 Å². The van der Waals surface area contributed by atoms with Gasteiger partial charge in [-0.15, -0.1) is 0 Å². The molecular formula is C87H69BrCl9N9O10. The normalized spacial score (nSPS) is 10.9. The summed E-state index contributed by atoms with van der Waals surface area (Å²) in [7, 11) is 1.72. The van der Waals surface area contributed by atoms with Gasteiger partial charge < -0.3 is 35.7 Å². The van der Waals surface area contributed by atoms with E-state index in [1.807, 2.05) is 67.6 Å². The highest BCUT2D eigenvalue weighted by atomic mass is 79.9. The van der Waals surface area contributed by atoms with Crippen LogP contribution in [0.4, 0.5) is 51.2 Å². The summed E-state index contributed by atoms with van der Waals surface area (Å²) < 4.78 is 0.865. The molecule has 0 fully saturated rings. The lowest BCUT2D eigenvalue weighted by molar-refractivity contribution is -0.384. The van der Waals surface area contributed by atoms with Crippen LogP contribution < -0.4 is 10.2 Å². The largest absolute Gasteiger partial charge is 0.507 e. The lowest BCUT2D eigenvalue weighted by Gasteiger charge is -2.14. The smallest absolute Gasteiger partial charge is 0.288 e. The van der Waals surface area contributed by atoms with Gasteiger partial charge in [0.05, 0.1) is 69.8 Å². The van der Waals surface area contributed by atoms with Crippen LogP contribution in [0.2, 0.25) is 45.2 Å². The van der Waals surface area contributed by atoms with Crippen LogP contribution in [0.25, 0.3) is 0 Å². The fourth-order valence-electron chi connectivity index (χ4n) is 9.49. The van der Waals surface area contributed by atoms with E-state index in [-0.39, 0.29) is 62.1 Å². The SMILES string of the molecule is CC(=O)N(C)c1ccc(N=Cc2ccccc2O)cc1.CC(=O)Nc1cc(N=Cc2ccccc2O)c(Cl)cc1Cl.CC(=O)c1cccc(N=Cc2cc(Br)ccc2O)c1.Cc1cc(Cl)cc(C=Nc2ccc(Cl)cc2Cl)c1O.Cc1cccc(N=Cc2cc(Cl)cc(Cl)c2O)c1.O=[N+]([O-])c1cc(C=Nc2ccccc2Cl)ccc1Cl. The third-order valence-corrected chi connectivity index (χ3v) is 18.6. The highest BCUT2D eigenvalue weighted by Gasteiger charge is 2.14. The first-order chi connectivity index (χ1) is 55.2. The van der Waals surface area contributed by atoms with Crippen LogP contribution in [0.1, 0.15) is 75.6 Å². The second kappa shape index (κ2) is 45.7. The number of nitrogens with zero attached hydrogens (tertiary/aromatic N) is 8. The average Bonchev–Trinajstić information content (AvgIpc) is 0.842. The van der Waals surface area contributed by atoms with E-state index in [1.165, 1.54) is 63.7 Å². The fraction of sp³-hybridized carbons (Fsp3) is 0.0690. The molecular weight excluding hydrogens is 1730 g/mol. The molecule has 0 aliphatic heterocycles. The van der Waals surface area contributed by atoms with E-state index >= 15 is 0 Å². The Labute approximate surface area is 722 Å². The van der Waals surface area contributed by atoms with E-state index in [0.717, 1.165) is 27.1 Å². The van der Waals surface area contributed by atoms with Gasteiger partial charge in [0, 0.05) is 123 Å². The molecule has 0 aliphatic rings. The molecule has 12 aromatic rings. The number of phenolic OH excluding ortho intramolecular Hbond substituents is 5. The maximum Gasteiger partial charge on any atom is 0.288 e. The Morgan fingerprint density at radius 1 is 0.422 bits per heavy atom. The van der Waals surface area contributed by atoms with Crippen LogP contribution in [0.5, 0.6) is 28.7 Å². The number of para-hydroxylation sites is 3. The van der Waals surface area contributed by atoms with Crippen molar-refractivity contribution in [1.82, 2.24) is 0 Å². The number of nitro groups is 1. The summed E-state index contributed by atoms with van der Waals surface area (Å²) >= 11 is 56.5. The van der Waals surface area contributed by atoms with E-state index in [1.54, 1.807) is 189 Å². The van der Waals surface area contributed by atoms with Gasteiger partial charge in [0.2, 0.25) is 11.8 Å². The minimum atomic E-state index is -0.533. The van der Waals surface area contributed by atoms with Crippen LogP contribution in [0.15, 0.2) is 271 Å². The molecule has 0 spiro atoms. The summed E-state index contributed by atoms with van der Waals surface area (Å²) in [5, 5.41) is 65.5. The second-order valence-corrected chi connectivity index (χ2v) is 29.0. The Morgan fingerprint density at radius 2 is 0.948 bits per heavy atom. The van der Waals surface area contributed by atoms with Gasteiger partial charge in [-0.05, 0) is 201 Å². The molecule has 6 N–H and O–H groups in total. The molecule has 592 valence electrons. The van der Waals surface area contributed by atoms with Crippen molar-refractivity contribution in [3.05, 3.63) is 346 Å². The number of hydrogen-bond donors (Lipinski definition) is 6. The van der Waals surface area contributed by atoms with Gasteiger partial charge in [-0.1, -0.05) is 187 Å². The molecule has 0 saturated heterocycles. The monoisotopic (exact) mass is 1790 g/mol. The summed E-state index contributed by atoms with van der Waals surface area (Å²) in [4.78, 5) is 70.9. The van der Waals surface area contributed by atoms with E-state index < -0.39 is 4.92 Å². The number of halogens is 10. The molecule has 29 heteroatoms. The zero-order chi connectivity index (χ0) is 84.7. The number of rotatable bonds is 16. The number of phenols is 5. The molecule has 19 nitrogen and oxygen atoms in total. The highest BCUT2D eigenvalue weighted by Crippen LogP contribution is 2.37. The number of aryl methyl sites for hydroxylation is 2. The van der Waals surface area contributed by atoms with Crippen LogP contribution >= 0.6 is 120 Å². The number of amides is 2. The minimum Gasteiger partial charge on any atom is -0.507 e. The molecule has 0 saturated carbocycles. The van der Waals surface area contributed by atoms with Gasteiger partial charge in [-0.3, -0.25) is 54.5 Å². The Balaban J connectivity index is 0.000000193. The molecule has 0 atom stereocenters. The summed E-state index contributed by atoms with van der Waals surface area (Å²) in [6.07, 6.45) is 9.23. The quantitative estimate of drug-likeness (QED) is 0.0230. The first-order valence-electron chi connectivity index (χ1n) is 34.1. The molecule has 0 bridgehead atoms. The summed E-state index contributed by atoms with van der Waals surface area (Å²) in [5.74, 6) is 0.357. The first kappa shape index (κ1) is 91.9. The molecule has 0 heterocycles. The van der Waals surface area contributed by atoms with Crippen LogP contribution in [0.3, 0.4) is 0 Å². The summed E-state index contributed by atoms with van der Waals surface area (Å²) in [6, 6.07) is 67.1. The predicted octanol–water partition coefficient (Wildman–Crippen LogP) is 26.5. The lowest BCUT2D eigenvalue weighted by atomic mass is 10.1. The number of benzene rings is 12. The number of Topliss-reactive ketones (excluding diaryl/α,β-unsaturated/α-hetero) is 1. The molecule has 0 unspecified atom stereocenters. The van der Waals surface area contributed by atoms with Crippen molar-refractivity contribution in [3.63, 3.8) is 0 Å². The zero-order valence-electron chi connectivity index (χ0n) is 62.1. The summed E-state index contributed by atoms with van der Waals surface area (Å²) in [5.41, 5.74) is 10.8. The Morgan fingerprint density at radius 3 is 1.56 bits per heavy atom. The van der Waals surface area contributed by atoms with E-state index in [2.05, 4.69) is 51.2 Å². The minimum absolute atomic E-state index is 0.00218.